The minimum Gasteiger partial charge on any atom is -0.451 e. The van der Waals surface area contributed by atoms with Crippen LogP contribution in [0.1, 0.15) is 44.2 Å². The van der Waals surface area contributed by atoms with E-state index in [4.69, 9.17) is 10.5 Å². The molecule has 0 aromatic carbocycles. The Labute approximate surface area is 119 Å². The molecule has 1 rings (SSSR count). The Morgan fingerprint density at radius 1 is 1.35 bits per heavy atom. The van der Waals surface area contributed by atoms with Crippen LogP contribution in [0.25, 0.3) is 0 Å². The van der Waals surface area contributed by atoms with Gasteiger partial charge >= 0.3 is 5.97 Å². The number of aromatic nitrogens is 1. The van der Waals surface area contributed by atoms with Crippen molar-refractivity contribution in [2.24, 2.45) is 0 Å². The van der Waals surface area contributed by atoms with Crippen LogP contribution in [0.15, 0.2) is 12.3 Å². The third kappa shape index (κ3) is 3.76. The molecule has 0 radical (unpaired) electrons. The molecule has 0 unspecified atom stereocenters. The van der Waals surface area contributed by atoms with Gasteiger partial charge in [0.2, 0.25) is 0 Å². The number of anilines is 1. The highest BCUT2D eigenvalue weighted by atomic mass is 16.5. The van der Waals surface area contributed by atoms with Crippen LogP contribution in [0.4, 0.5) is 5.69 Å². The lowest BCUT2D eigenvalue weighted by Crippen LogP contribution is -2.34. The average Bonchev–Trinajstić information content (AvgIpc) is 2.79. The molecule has 0 aliphatic carbocycles. The van der Waals surface area contributed by atoms with E-state index in [9.17, 15) is 9.59 Å². The lowest BCUT2D eigenvalue weighted by atomic mass is 10.3. The molecule has 6 heteroatoms. The van der Waals surface area contributed by atoms with Crippen molar-refractivity contribution in [1.29, 1.82) is 0 Å². The van der Waals surface area contributed by atoms with E-state index in [0.29, 0.717) is 24.5 Å². The summed E-state index contributed by atoms with van der Waals surface area (Å²) in [6, 6.07) is 1.65. The molecule has 6 nitrogen and oxygen atoms in total. The second-order valence-corrected chi connectivity index (χ2v) is 4.80. The molecule has 112 valence electrons. The summed E-state index contributed by atoms with van der Waals surface area (Å²) in [6.07, 6.45) is 1.69. The number of esters is 1. The lowest BCUT2D eigenvalue weighted by molar-refractivity contribution is -0.134. The summed E-state index contributed by atoms with van der Waals surface area (Å²) >= 11 is 0. The van der Waals surface area contributed by atoms with E-state index < -0.39 is 5.97 Å². The van der Waals surface area contributed by atoms with E-state index >= 15 is 0 Å². The van der Waals surface area contributed by atoms with Crippen molar-refractivity contribution in [2.75, 3.05) is 25.4 Å². The number of likely N-dealkylation sites (N-methyl/N-ethyl adjacent to an activating group) is 1. The van der Waals surface area contributed by atoms with Crippen LogP contribution in [0.3, 0.4) is 0 Å². The predicted octanol–water partition coefficient (Wildman–Crippen LogP) is 1.68. The number of nitrogens with two attached hydrogens (primary N) is 1. The van der Waals surface area contributed by atoms with Gasteiger partial charge in [0, 0.05) is 25.3 Å². The highest BCUT2D eigenvalue weighted by Crippen LogP contribution is 2.17. The van der Waals surface area contributed by atoms with Crippen molar-refractivity contribution in [1.82, 2.24) is 9.47 Å². The van der Waals surface area contributed by atoms with E-state index in [1.54, 1.807) is 21.7 Å². The average molecular weight is 281 g/mol. The van der Waals surface area contributed by atoms with Crippen LogP contribution in [0, 0.1) is 0 Å². The Morgan fingerprint density at radius 3 is 2.45 bits per heavy atom. The highest BCUT2D eigenvalue weighted by molar-refractivity contribution is 5.91. The molecule has 20 heavy (non-hydrogen) atoms. The first kappa shape index (κ1) is 16.1. The van der Waals surface area contributed by atoms with E-state index in [-0.39, 0.29) is 18.6 Å². The first-order chi connectivity index (χ1) is 9.40. The molecule has 2 N–H and O–H groups in total. The van der Waals surface area contributed by atoms with Crippen LogP contribution in [-0.2, 0) is 9.53 Å². The summed E-state index contributed by atoms with van der Waals surface area (Å²) in [4.78, 5) is 25.4. The minimum atomic E-state index is -0.532. The zero-order valence-corrected chi connectivity index (χ0v) is 12.5. The summed E-state index contributed by atoms with van der Waals surface area (Å²) in [5, 5.41) is 0. The van der Waals surface area contributed by atoms with Crippen molar-refractivity contribution in [2.45, 2.75) is 33.7 Å². The molecule has 0 fully saturated rings. The number of hydrogen-bond donors (Lipinski definition) is 1. The third-order valence-corrected chi connectivity index (χ3v) is 3.08. The molecule has 1 aromatic rings. The number of carbonyl (C=O) groups excluding carboxylic acids is 2. The lowest BCUT2D eigenvalue weighted by Gasteiger charge is -2.18. The third-order valence-electron chi connectivity index (χ3n) is 3.08. The summed E-state index contributed by atoms with van der Waals surface area (Å²) in [7, 11) is 0. The normalized spacial score (nSPS) is 10.7. The first-order valence-corrected chi connectivity index (χ1v) is 6.82. The fraction of sp³-hybridized carbons (Fsp3) is 0.571. The number of hydrogen-bond acceptors (Lipinski definition) is 4. The number of nitrogens with zero attached hydrogens (tertiary/aromatic N) is 2. The Morgan fingerprint density at radius 2 is 1.95 bits per heavy atom. The molecule has 1 heterocycles. The second-order valence-electron chi connectivity index (χ2n) is 4.80. The van der Waals surface area contributed by atoms with Gasteiger partial charge in [-0.3, -0.25) is 4.79 Å². The van der Waals surface area contributed by atoms with Gasteiger partial charge in [-0.1, -0.05) is 0 Å². The molecule has 1 aromatic heterocycles. The maximum Gasteiger partial charge on any atom is 0.355 e. The molecule has 0 atom stereocenters. The number of nitrogen functional groups attached to an aromatic ring is 1. The zero-order valence-electron chi connectivity index (χ0n) is 12.5. The monoisotopic (exact) mass is 281 g/mol. The Kier molecular flexibility index (Phi) is 5.61. The molecule has 1 amide bonds. The van der Waals surface area contributed by atoms with Crippen LogP contribution < -0.4 is 5.73 Å². The maximum absolute atomic E-state index is 12.0. The van der Waals surface area contributed by atoms with Crippen LogP contribution in [0.2, 0.25) is 0 Å². The topological polar surface area (TPSA) is 77.6 Å². The summed E-state index contributed by atoms with van der Waals surface area (Å²) < 4.78 is 6.81. The van der Waals surface area contributed by atoms with Crippen molar-refractivity contribution in [3.8, 4) is 0 Å². The van der Waals surface area contributed by atoms with Gasteiger partial charge in [0.05, 0.1) is 5.69 Å². The number of rotatable bonds is 6. The SMILES string of the molecule is CCN(CC)C(=O)COC(=O)c1cc(N)cn1C(C)C. The fourth-order valence-corrected chi connectivity index (χ4v) is 1.96. The number of carbonyl (C=O) groups is 2. The molecule has 0 aliphatic rings. The Balaban J connectivity index is 2.70. The summed E-state index contributed by atoms with van der Waals surface area (Å²) in [6.45, 7) is 8.60. The smallest absolute Gasteiger partial charge is 0.355 e. The molecule has 0 bridgehead atoms. The maximum atomic E-state index is 12.0. The number of ether oxygens (including phenoxy) is 1. The largest absolute Gasteiger partial charge is 0.451 e. The molecular weight excluding hydrogens is 258 g/mol. The predicted molar refractivity (Wildman–Crippen MR) is 77.4 cm³/mol. The fourth-order valence-electron chi connectivity index (χ4n) is 1.96. The standard InChI is InChI=1S/C14H23N3O3/c1-5-16(6-2)13(18)9-20-14(19)12-7-11(15)8-17(12)10(3)4/h7-8,10H,5-6,9,15H2,1-4H3. The van der Waals surface area contributed by atoms with Crippen molar-refractivity contribution < 1.29 is 14.3 Å². The van der Waals surface area contributed by atoms with Gasteiger partial charge < -0.3 is 19.9 Å². The van der Waals surface area contributed by atoms with E-state index in [1.165, 1.54) is 0 Å². The summed E-state index contributed by atoms with van der Waals surface area (Å²) in [5.41, 5.74) is 6.56. The zero-order chi connectivity index (χ0) is 15.3. The summed E-state index contributed by atoms with van der Waals surface area (Å²) in [5.74, 6) is -0.727. The highest BCUT2D eigenvalue weighted by Gasteiger charge is 2.18. The van der Waals surface area contributed by atoms with Gasteiger partial charge in [0.1, 0.15) is 5.69 Å². The van der Waals surface area contributed by atoms with Crippen molar-refractivity contribution >= 4 is 17.6 Å². The second kappa shape index (κ2) is 6.98. The van der Waals surface area contributed by atoms with Crippen LogP contribution in [-0.4, -0.2) is 41.0 Å². The van der Waals surface area contributed by atoms with Gasteiger partial charge in [-0.15, -0.1) is 0 Å². The van der Waals surface area contributed by atoms with Gasteiger partial charge in [0.25, 0.3) is 5.91 Å². The van der Waals surface area contributed by atoms with E-state index in [2.05, 4.69) is 0 Å². The van der Waals surface area contributed by atoms with Crippen LogP contribution in [0.5, 0.6) is 0 Å². The first-order valence-electron chi connectivity index (χ1n) is 6.82. The molecular formula is C14H23N3O3. The van der Waals surface area contributed by atoms with Crippen molar-refractivity contribution in [3.63, 3.8) is 0 Å². The quantitative estimate of drug-likeness (QED) is 0.805. The Bertz CT molecular complexity index is 476. The van der Waals surface area contributed by atoms with Gasteiger partial charge in [0.15, 0.2) is 6.61 Å². The van der Waals surface area contributed by atoms with Crippen LogP contribution >= 0.6 is 0 Å². The van der Waals surface area contributed by atoms with Gasteiger partial charge in [-0.25, -0.2) is 4.79 Å². The minimum absolute atomic E-state index is 0.0910. The Hall–Kier alpha value is -1.98. The number of amides is 1. The molecule has 0 saturated carbocycles. The van der Waals surface area contributed by atoms with Crippen molar-refractivity contribution in [3.05, 3.63) is 18.0 Å². The molecule has 0 aliphatic heterocycles. The van der Waals surface area contributed by atoms with Gasteiger partial charge in [-0.05, 0) is 33.8 Å². The molecule has 0 spiro atoms. The molecule has 0 saturated heterocycles. The van der Waals surface area contributed by atoms with Gasteiger partial charge in [-0.2, -0.15) is 0 Å². The van der Waals surface area contributed by atoms with E-state index in [0.717, 1.165) is 0 Å². The van der Waals surface area contributed by atoms with E-state index in [1.807, 2.05) is 27.7 Å².